The molecule has 0 aromatic rings. The van der Waals surface area contributed by atoms with Crippen LogP contribution in [0.15, 0.2) is 0 Å². The van der Waals surface area contributed by atoms with Gasteiger partial charge in [-0.25, -0.2) is 0 Å². The Morgan fingerprint density at radius 3 is 2.56 bits per heavy atom. The molecule has 2 rings (SSSR count). The van der Waals surface area contributed by atoms with Crippen molar-refractivity contribution in [2.75, 3.05) is 33.4 Å². The summed E-state index contributed by atoms with van der Waals surface area (Å²) in [5, 5.41) is 0. The van der Waals surface area contributed by atoms with Crippen LogP contribution in [0.3, 0.4) is 0 Å². The molecule has 3 heteroatoms. The van der Waals surface area contributed by atoms with Crippen molar-refractivity contribution in [1.29, 1.82) is 0 Å². The van der Waals surface area contributed by atoms with E-state index in [9.17, 15) is 0 Å². The number of hydrogen-bond acceptors (Lipinski definition) is 3. The van der Waals surface area contributed by atoms with Crippen molar-refractivity contribution in [3.05, 3.63) is 0 Å². The molecule has 2 N–H and O–H groups in total. The number of nitrogens with zero attached hydrogens (tertiary/aromatic N) is 1. The lowest BCUT2D eigenvalue weighted by Gasteiger charge is -2.29. The second-order valence-corrected chi connectivity index (χ2v) is 5.65. The lowest BCUT2D eigenvalue weighted by molar-refractivity contribution is 0.148. The predicted molar refractivity (Wildman–Crippen MR) is 66.4 cm³/mol. The van der Waals surface area contributed by atoms with Gasteiger partial charge in [0.25, 0.3) is 0 Å². The third kappa shape index (κ3) is 3.44. The van der Waals surface area contributed by atoms with Crippen molar-refractivity contribution < 1.29 is 4.74 Å². The molecule has 0 bridgehead atoms. The molecule has 2 fully saturated rings. The van der Waals surface area contributed by atoms with Crippen molar-refractivity contribution in [2.45, 2.75) is 38.1 Å². The summed E-state index contributed by atoms with van der Waals surface area (Å²) >= 11 is 0. The molecule has 1 unspecified atom stereocenters. The van der Waals surface area contributed by atoms with E-state index in [1.54, 1.807) is 0 Å². The molecule has 0 spiro atoms. The third-order valence-electron chi connectivity index (χ3n) is 4.18. The highest BCUT2D eigenvalue weighted by atomic mass is 16.5. The molecule has 3 nitrogen and oxygen atoms in total. The molecule has 1 heterocycles. The summed E-state index contributed by atoms with van der Waals surface area (Å²) in [7, 11) is 1.81. The monoisotopic (exact) mass is 226 g/mol. The number of nitrogens with two attached hydrogens (primary N) is 1. The van der Waals surface area contributed by atoms with E-state index in [4.69, 9.17) is 10.5 Å². The van der Waals surface area contributed by atoms with Crippen LogP contribution in [0.5, 0.6) is 0 Å². The number of methoxy groups -OCH3 is 1. The minimum atomic E-state index is 0.482. The molecule has 1 aliphatic heterocycles. The van der Waals surface area contributed by atoms with Crippen molar-refractivity contribution in [3.8, 4) is 0 Å². The Bertz CT molecular complexity index is 202. The van der Waals surface area contributed by atoms with Crippen LogP contribution in [0.1, 0.15) is 32.1 Å². The summed E-state index contributed by atoms with van der Waals surface area (Å²) in [6.45, 7) is 4.76. The van der Waals surface area contributed by atoms with Crippen LogP contribution in [0.25, 0.3) is 0 Å². The Kier molecular flexibility index (Phi) is 4.62. The predicted octanol–water partition coefficient (Wildman–Crippen LogP) is 1.47. The first-order valence-electron chi connectivity index (χ1n) is 6.74. The molecule has 1 aliphatic carbocycles. The molecule has 16 heavy (non-hydrogen) atoms. The van der Waals surface area contributed by atoms with Gasteiger partial charge in [0.1, 0.15) is 0 Å². The van der Waals surface area contributed by atoms with Gasteiger partial charge in [-0.15, -0.1) is 0 Å². The fourth-order valence-electron chi connectivity index (χ4n) is 3.19. The molecular weight excluding hydrogens is 200 g/mol. The van der Waals surface area contributed by atoms with Gasteiger partial charge in [-0.05, 0) is 50.5 Å². The Balaban J connectivity index is 1.67. The lowest BCUT2D eigenvalue weighted by Crippen LogP contribution is -2.33. The van der Waals surface area contributed by atoms with E-state index in [-0.39, 0.29) is 0 Å². The largest absolute Gasteiger partial charge is 0.384 e. The standard InChI is InChI=1S/C13H26N2O/c1-16-10-12-6-7-15(9-12)8-11-2-4-13(14)5-3-11/h11-13H,2-10,14H2,1H3. The van der Waals surface area contributed by atoms with Gasteiger partial charge in [-0.1, -0.05) is 0 Å². The van der Waals surface area contributed by atoms with Crippen molar-refractivity contribution in [1.82, 2.24) is 4.90 Å². The second-order valence-electron chi connectivity index (χ2n) is 5.65. The van der Waals surface area contributed by atoms with Crippen LogP contribution in [0.4, 0.5) is 0 Å². The van der Waals surface area contributed by atoms with Gasteiger partial charge >= 0.3 is 0 Å². The SMILES string of the molecule is COCC1CCN(CC2CCC(N)CC2)C1. The summed E-state index contributed by atoms with van der Waals surface area (Å²) in [4.78, 5) is 2.63. The number of ether oxygens (including phenoxy) is 1. The quantitative estimate of drug-likeness (QED) is 0.789. The van der Waals surface area contributed by atoms with Gasteiger partial charge in [0.2, 0.25) is 0 Å². The first kappa shape index (κ1) is 12.3. The Labute approximate surface area is 99.3 Å². The van der Waals surface area contributed by atoms with E-state index in [2.05, 4.69) is 4.90 Å². The number of hydrogen-bond donors (Lipinski definition) is 1. The average Bonchev–Trinajstić information content (AvgIpc) is 2.70. The summed E-state index contributed by atoms with van der Waals surface area (Å²) in [6, 6.07) is 0.482. The third-order valence-corrected chi connectivity index (χ3v) is 4.18. The summed E-state index contributed by atoms with van der Waals surface area (Å²) in [5.41, 5.74) is 5.94. The maximum Gasteiger partial charge on any atom is 0.0503 e. The van der Waals surface area contributed by atoms with Gasteiger partial charge in [-0.3, -0.25) is 0 Å². The van der Waals surface area contributed by atoms with Crippen LogP contribution >= 0.6 is 0 Å². The van der Waals surface area contributed by atoms with Gasteiger partial charge in [0, 0.05) is 26.2 Å². The first-order chi connectivity index (χ1) is 7.78. The molecule has 1 saturated heterocycles. The van der Waals surface area contributed by atoms with Crippen LogP contribution in [0, 0.1) is 11.8 Å². The Hall–Kier alpha value is -0.120. The van der Waals surface area contributed by atoms with Crippen molar-refractivity contribution in [2.24, 2.45) is 17.6 Å². The van der Waals surface area contributed by atoms with Gasteiger partial charge in [0.15, 0.2) is 0 Å². The van der Waals surface area contributed by atoms with E-state index in [0.29, 0.717) is 6.04 Å². The van der Waals surface area contributed by atoms with E-state index in [1.165, 1.54) is 51.7 Å². The zero-order chi connectivity index (χ0) is 11.4. The minimum absolute atomic E-state index is 0.482. The molecule has 0 amide bonds. The minimum Gasteiger partial charge on any atom is -0.384 e. The smallest absolute Gasteiger partial charge is 0.0503 e. The maximum absolute atomic E-state index is 5.94. The van der Waals surface area contributed by atoms with Gasteiger partial charge in [-0.2, -0.15) is 0 Å². The van der Waals surface area contributed by atoms with E-state index in [0.717, 1.165) is 18.4 Å². The molecule has 1 saturated carbocycles. The fourth-order valence-corrected chi connectivity index (χ4v) is 3.19. The molecule has 1 atom stereocenters. The average molecular weight is 226 g/mol. The zero-order valence-corrected chi connectivity index (χ0v) is 10.5. The van der Waals surface area contributed by atoms with E-state index in [1.807, 2.05) is 7.11 Å². The molecule has 0 aromatic carbocycles. The lowest BCUT2D eigenvalue weighted by atomic mass is 9.86. The molecule has 94 valence electrons. The first-order valence-corrected chi connectivity index (χ1v) is 6.74. The van der Waals surface area contributed by atoms with Crippen LogP contribution < -0.4 is 5.73 Å². The summed E-state index contributed by atoms with van der Waals surface area (Å²) in [5.74, 6) is 1.68. The second kappa shape index (κ2) is 5.99. The molecule has 2 aliphatic rings. The highest BCUT2D eigenvalue weighted by Crippen LogP contribution is 2.26. The Morgan fingerprint density at radius 1 is 1.12 bits per heavy atom. The maximum atomic E-state index is 5.94. The van der Waals surface area contributed by atoms with Gasteiger partial charge < -0.3 is 15.4 Å². The van der Waals surface area contributed by atoms with Crippen LogP contribution in [0.2, 0.25) is 0 Å². The Morgan fingerprint density at radius 2 is 1.88 bits per heavy atom. The highest BCUT2D eigenvalue weighted by molar-refractivity contribution is 4.81. The van der Waals surface area contributed by atoms with Crippen molar-refractivity contribution >= 4 is 0 Å². The topological polar surface area (TPSA) is 38.5 Å². The van der Waals surface area contributed by atoms with E-state index < -0.39 is 0 Å². The molecule has 0 aromatic heterocycles. The van der Waals surface area contributed by atoms with Gasteiger partial charge in [0.05, 0.1) is 6.61 Å². The van der Waals surface area contributed by atoms with E-state index >= 15 is 0 Å². The molecular formula is C13H26N2O. The van der Waals surface area contributed by atoms with Crippen molar-refractivity contribution in [3.63, 3.8) is 0 Å². The fraction of sp³-hybridized carbons (Fsp3) is 1.00. The summed E-state index contributed by atoms with van der Waals surface area (Å²) < 4.78 is 5.23. The normalized spacial score (nSPS) is 36.8. The van der Waals surface area contributed by atoms with Crippen LogP contribution in [-0.4, -0.2) is 44.3 Å². The number of likely N-dealkylation sites (tertiary alicyclic amines) is 1. The zero-order valence-electron chi connectivity index (χ0n) is 10.5. The molecule has 0 radical (unpaired) electrons. The summed E-state index contributed by atoms with van der Waals surface area (Å²) in [6.07, 6.45) is 6.47. The highest BCUT2D eigenvalue weighted by Gasteiger charge is 2.26. The number of rotatable bonds is 4. The van der Waals surface area contributed by atoms with Crippen LogP contribution in [-0.2, 0) is 4.74 Å².